The maximum absolute atomic E-state index is 8.56. The summed E-state index contributed by atoms with van der Waals surface area (Å²) in [4.78, 5) is 8.56. The zero-order valence-electron chi connectivity index (χ0n) is 2.86. The summed E-state index contributed by atoms with van der Waals surface area (Å²) in [6.07, 6.45) is -1.83. The number of rotatable bonds is 0. The molecule has 0 bridgehead atoms. The molecule has 5 heteroatoms. The van der Waals surface area contributed by atoms with Crippen molar-refractivity contribution in [3.63, 3.8) is 0 Å². The van der Waals surface area contributed by atoms with Gasteiger partial charge in [-0.25, -0.2) is 4.79 Å². The normalized spacial score (nSPS) is 4.00. The molecule has 0 heterocycles. The van der Waals surface area contributed by atoms with Gasteiger partial charge in [-0.1, -0.05) is 0 Å². The van der Waals surface area contributed by atoms with Crippen LogP contribution in [0.25, 0.3) is 0 Å². The SMILES string of the molecule is N.O=C(O)O.[Fe]. The Balaban J connectivity index is -0.0000000450. The minimum atomic E-state index is -1.83. The molecule has 6 heavy (non-hydrogen) atoms. The van der Waals surface area contributed by atoms with Crippen molar-refractivity contribution in [3.05, 3.63) is 0 Å². The Labute approximate surface area is 45.2 Å². The molecule has 40 valence electrons. The van der Waals surface area contributed by atoms with Crippen LogP contribution in [0.1, 0.15) is 0 Å². The Hall–Kier alpha value is -0.251. The van der Waals surface area contributed by atoms with E-state index in [0.717, 1.165) is 0 Å². The minimum absolute atomic E-state index is 0. The zero-order chi connectivity index (χ0) is 3.58. The standard InChI is InChI=1S/CH2O3.Fe.H3N/c2-1(3)4;;/h(H2,2,3,4);;1H3. The number of hydrogen-bond acceptors (Lipinski definition) is 2. The predicted octanol–water partition coefficient (Wildman–Crippen LogP) is 0.382. The molecule has 4 nitrogen and oxygen atoms in total. The van der Waals surface area contributed by atoms with Crippen molar-refractivity contribution in [2.24, 2.45) is 0 Å². The van der Waals surface area contributed by atoms with E-state index >= 15 is 0 Å². The molecule has 0 saturated carbocycles. The van der Waals surface area contributed by atoms with Crippen LogP contribution < -0.4 is 6.15 Å². The molecule has 5 N–H and O–H groups in total. The third kappa shape index (κ3) is 452. The minimum Gasteiger partial charge on any atom is -0.450 e. The molecule has 0 fully saturated rings. The van der Waals surface area contributed by atoms with Crippen LogP contribution in [0.15, 0.2) is 0 Å². The van der Waals surface area contributed by atoms with Crippen LogP contribution in [0, 0.1) is 0 Å². The van der Waals surface area contributed by atoms with E-state index in [4.69, 9.17) is 15.0 Å². The average molecular weight is 135 g/mol. The fourth-order valence-electron chi connectivity index (χ4n) is 0. The van der Waals surface area contributed by atoms with Crippen LogP contribution >= 0.6 is 0 Å². The van der Waals surface area contributed by atoms with E-state index in [1.54, 1.807) is 0 Å². The summed E-state index contributed by atoms with van der Waals surface area (Å²) in [6.45, 7) is 0. The van der Waals surface area contributed by atoms with E-state index in [1.165, 1.54) is 0 Å². The van der Waals surface area contributed by atoms with Crippen molar-refractivity contribution in [2.45, 2.75) is 0 Å². The molecule has 0 aliphatic heterocycles. The summed E-state index contributed by atoms with van der Waals surface area (Å²) in [5, 5.41) is 13.9. The smallest absolute Gasteiger partial charge is 0.450 e. The summed E-state index contributed by atoms with van der Waals surface area (Å²) in [5.41, 5.74) is 0. The molecule has 0 spiro atoms. The van der Waals surface area contributed by atoms with E-state index in [9.17, 15) is 0 Å². The van der Waals surface area contributed by atoms with Gasteiger partial charge in [0.05, 0.1) is 0 Å². The van der Waals surface area contributed by atoms with E-state index in [0.29, 0.717) is 0 Å². The van der Waals surface area contributed by atoms with Crippen molar-refractivity contribution in [1.82, 2.24) is 6.15 Å². The van der Waals surface area contributed by atoms with Gasteiger partial charge < -0.3 is 16.4 Å². The van der Waals surface area contributed by atoms with E-state index in [-0.39, 0.29) is 23.2 Å². The molecule has 0 saturated heterocycles. The van der Waals surface area contributed by atoms with Crippen LogP contribution in [0.2, 0.25) is 0 Å². The van der Waals surface area contributed by atoms with Gasteiger partial charge in [-0.2, -0.15) is 0 Å². The summed E-state index contributed by atoms with van der Waals surface area (Å²) in [5.74, 6) is 0. The van der Waals surface area contributed by atoms with Crippen molar-refractivity contribution in [2.75, 3.05) is 0 Å². The van der Waals surface area contributed by atoms with Gasteiger partial charge in [-0.15, -0.1) is 0 Å². The van der Waals surface area contributed by atoms with Crippen LogP contribution in [0.5, 0.6) is 0 Å². The first-order valence-corrected chi connectivity index (χ1v) is 0.651. The molecule has 0 aliphatic rings. The average Bonchev–Trinajstić information content (AvgIpc) is 0.811. The van der Waals surface area contributed by atoms with Gasteiger partial charge in [-0.05, 0) is 0 Å². The molecule has 0 aliphatic carbocycles. The first-order chi connectivity index (χ1) is 1.73. The Morgan fingerprint density at radius 1 is 1.33 bits per heavy atom. The quantitative estimate of drug-likeness (QED) is 0.418. The van der Waals surface area contributed by atoms with Gasteiger partial charge in [0.25, 0.3) is 0 Å². The van der Waals surface area contributed by atoms with Crippen molar-refractivity contribution in [3.8, 4) is 0 Å². The van der Waals surface area contributed by atoms with Gasteiger partial charge in [0.2, 0.25) is 0 Å². The first kappa shape index (κ1) is 17.2. The monoisotopic (exact) mass is 135 g/mol. The van der Waals surface area contributed by atoms with Crippen molar-refractivity contribution >= 4 is 6.16 Å². The second kappa shape index (κ2) is 8.83. The second-order valence-electron chi connectivity index (χ2n) is 0.283. The van der Waals surface area contributed by atoms with E-state index in [1.807, 2.05) is 0 Å². The predicted molar refractivity (Wildman–Crippen MR) is 15.7 cm³/mol. The fraction of sp³-hybridized carbons (Fsp3) is 0. The van der Waals surface area contributed by atoms with Gasteiger partial charge >= 0.3 is 6.16 Å². The van der Waals surface area contributed by atoms with Gasteiger partial charge in [0.1, 0.15) is 0 Å². The Kier molecular flexibility index (Phi) is 25.3. The topological polar surface area (TPSA) is 92.5 Å². The molecule has 0 aromatic rings. The zero-order valence-corrected chi connectivity index (χ0v) is 3.97. The largest absolute Gasteiger partial charge is 0.503 e. The summed E-state index contributed by atoms with van der Waals surface area (Å²) in [7, 11) is 0. The number of carbonyl (C=O) groups is 1. The van der Waals surface area contributed by atoms with Crippen LogP contribution in [-0.4, -0.2) is 16.4 Å². The van der Waals surface area contributed by atoms with E-state index in [2.05, 4.69) is 0 Å². The summed E-state index contributed by atoms with van der Waals surface area (Å²) in [6, 6.07) is 0. The molecular formula is CH5FeNO3. The molecule has 0 rings (SSSR count). The van der Waals surface area contributed by atoms with Gasteiger partial charge in [0.15, 0.2) is 0 Å². The van der Waals surface area contributed by atoms with Crippen LogP contribution in [-0.2, 0) is 17.1 Å². The molecule has 0 aromatic carbocycles. The molecule has 0 atom stereocenters. The summed E-state index contributed by atoms with van der Waals surface area (Å²) < 4.78 is 0. The van der Waals surface area contributed by atoms with E-state index < -0.39 is 6.16 Å². The summed E-state index contributed by atoms with van der Waals surface area (Å²) >= 11 is 0. The Bertz CT molecular complexity index is 33.8. The Morgan fingerprint density at radius 3 is 1.33 bits per heavy atom. The van der Waals surface area contributed by atoms with Gasteiger partial charge in [0, 0.05) is 17.1 Å². The number of carboxylic acid groups (broad SMARTS) is 2. The maximum Gasteiger partial charge on any atom is 0.503 e. The second-order valence-corrected chi connectivity index (χ2v) is 0.283. The van der Waals surface area contributed by atoms with Gasteiger partial charge in [-0.3, -0.25) is 0 Å². The van der Waals surface area contributed by atoms with Crippen LogP contribution in [0.3, 0.4) is 0 Å². The Morgan fingerprint density at radius 2 is 1.33 bits per heavy atom. The molecule has 0 radical (unpaired) electrons. The fourth-order valence-corrected chi connectivity index (χ4v) is 0. The molecule has 0 unspecified atom stereocenters. The third-order valence-electron chi connectivity index (χ3n) is 0. The molecule has 0 aromatic heterocycles. The van der Waals surface area contributed by atoms with Crippen molar-refractivity contribution in [1.29, 1.82) is 0 Å². The molecule has 0 amide bonds. The molecular weight excluding hydrogens is 130 g/mol. The van der Waals surface area contributed by atoms with Crippen LogP contribution in [0.4, 0.5) is 4.79 Å². The number of hydrogen-bond donors (Lipinski definition) is 3. The third-order valence-corrected chi connectivity index (χ3v) is 0. The van der Waals surface area contributed by atoms with Crippen molar-refractivity contribution < 1.29 is 32.1 Å². The first-order valence-electron chi connectivity index (χ1n) is 0.651. The maximum atomic E-state index is 8.56.